The van der Waals surface area contributed by atoms with Crippen molar-refractivity contribution in [1.29, 1.82) is 0 Å². The van der Waals surface area contributed by atoms with E-state index in [2.05, 4.69) is 18.0 Å². The summed E-state index contributed by atoms with van der Waals surface area (Å²) in [4.78, 5) is 14.9. The molecule has 2 aliphatic heterocycles. The number of likely N-dealkylation sites (tertiary alicyclic amines) is 1. The highest BCUT2D eigenvalue weighted by Crippen LogP contribution is 2.64. The van der Waals surface area contributed by atoms with Crippen LogP contribution >= 0.6 is 12.4 Å². The van der Waals surface area contributed by atoms with Crippen LogP contribution in [0.4, 0.5) is 0 Å². The van der Waals surface area contributed by atoms with Crippen molar-refractivity contribution >= 4 is 18.2 Å². The lowest BCUT2D eigenvalue weighted by Crippen LogP contribution is -2.76. The maximum Gasteiger partial charge on any atom is 0.174 e. The minimum absolute atomic E-state index is 0. The summed E-state index contributed by atoms with van der Waals surface area (Å²) >= 11 is 0. The summed E-state index contributed by atoms with van der Waals surface area (Å²) in [5.41, 5.74) is 0.737. The lowest BCUT2D eigenvalue weighted by Gasteiger charge is -2.62. The number of methoxy groups -OCH3 is 1. The number of benzene rings is 1. The first-order chi connectivity index (χ1) is 12.4. The predicted octanol–water partition coefficient (Wildman–Crippen LogP) is 1.47. The van der Waals surface area contributed by atoms with E-state index in [1.807, 2.05) is 6.07 Å². The molecular formula is C20H28ClNO5. The van der Waals surface area contributed by atoms with Gasteiger partial charge in [-0.15, -0.1) is 12.4 Å². The Kier molecular flexibility index (Phi) is 5.23. The van der Waals surface area contributed by atoms with Gasteiger partial charge in [0.05, 0.1) is 18.1 Å². The van der Waals surface area contributed by atoms with Gasteiger partial charge in [-0.25, -0.2) is 0 Å². The summed E-state index contributed by atoms with van der Waals surface area (Å²) in [6.45, 7) is 2.80. The Morgan fingerprint density at radius 2 is 2.07 bits per heavy atom. The van der Waals surface area contributed by atoms with Gasteiger partial charge in [-0.2, -0.15) is 0 Å². The zero-order valence-corrected chi connectivity index (χ0v) is 16.8. The normalized spacial score (nSPS) is 35.2. The van der Waals surface area contributed by atoms with Gasteiger partial charge in [0.1, 0.15) is 0 Å². The first kappa shape index (κ1) is 20.4. The average molecular weight is 398 g/mol. The highest BCUT2D eigenvalue weighted by Gasteiger charge is 2.72. The van der Waals surface area contributed by atoms with Crippen molar-refractivity contribution in [2.24, 2.45) is 0 Å². The molecule has 2 fully saturated rings. The molecule has 0 aromatic heterocycles. The van der Waals surface area contributed by atoms with Crippen LogP contribution < -0.4 is 9.47 Å². The number of hydrogen-bond donors (Lipinski definition) is 2. The Morgan fingerprint density at radius 1 is 1.37 bits per heavy atom. The standard InChI is InChI=1S/C18H21NO4.C2H6O.ClH/c1-19-8-7-17-14-10-3-4-12(22-2)15(14)23-16(17)11(20)5-6-18(17,21)13(19)9-10;1-2-3;/h3-4,13,16,21H,5-9H2,1-2H3;3H,2H2,1H3;1H/t13-,16+,17+,18-;;/m1../s1. The van der Waals surface area contributed by atoms with Gasteiger partial charge >= 0.3 is 0 Å². The van der Waals surface area contributed by atoms with Gasteiger partial charge in [-0.05, 0) is 51.4 Å². The zero-order chi connectivity index (χ0) is 18.7. The lowest BCUT2D eigenvalue weighted by atomic mass is 9.49. The van der Waals surface area contributed by atoms with Crippen molar-refractivity contribution in [2.75, 3.05) is 27.3 Å². The van der Waals surface area contributed by atoms with Crippen LogP contribution in [0.1, 0.15) is 37.3 Å². The van der Waals surface area contributed by atoms with Crippen LogP contribution in [-0.4, -0.2) is 66.0 Å². The Hall–Kier alpha value is -1.34. The van der Waals surface area contributed by atoms with Crippen LogP contribution in [-0.2, 0) is 16.6 Å². The van der Waals surface area contributed by atoms with Crippen LogP contribution in [0.2, 0.25) is 0 Å². The van der Waals surface area contributed by atoms with E-state index in [-0.39, 0.29) is 30.8 Å². The summed E-state index contributed by atoms with van der Waals surface area (Å²) in [6, 6.07) is 4.05. The monoisotopic (exact) mass is 397 g/mol. The zero-order valence-electron chi connectivity index (χ0n) is 16.0. The maximum atomic E-state index is 12.7. The fraction of sp³-hybridized carbons (Fsp3) is 0.650. The number of rotatable bonds is 1. The molecule has 0 unspecified atom stereocenters. The molecular weight excluding hydrogens is 370 g/mol. The molecule has 4 aliphatic rings. The molecule has 2 heterocycles. The third-order valence-corrected chi connectivity index (χ3v) is 6.73. The molecule has 150 valence electrons. The molecule has 0 amide bonds. The van der Waals surface area contributed by atoms with Gasteiger partial charge < -0.3 is 24.6 Å². The van der Waals surface area contributed by atoms with Crippen molar-refractivity contribution in [1.82, 2.24) is 4.90 Å². The largest absolute Gasteiger partial charge is 0.493 e. The summed E-state index contributed by atoms with van der Waals surface area (Å²) in [7, 11) is 3.70. The molecule has 2 N–H and O–H groups in total. The average Bonchev–Trinajstić information content (AvgIpc) is 2.97. The Bertz CT molecular complexity index is 756. The highest BCUT2D eigenvalue weighted by molar-refractivity contribution is 5.90. The third-order valence-electron chi connectivity index (χ3n) is 6.73. The van der Waals surface area contributed by atoms with E-state index >= 15 is 0 Å². The molecule has 0 radical (unpaired) electrons. The second kappa shape index (κ2) is 6.92. The van der Waals surface area contributed by atoms with Crippen LogP contribution in [0.3, 0.4) is 0 Å². The summed E-state index contributed by atoms with van der Waals surface area (Å²) in [5.74, 6) is 1.47. The van der Waals surface area contributed by atoms with Gasteiger partial charge in [-0.3, -0.25) is 4.79 Å². The molecule has 27 heavy (non-hydrogen) atoms. The number of ketones is 1. The lowest BCUT2D eigenvalue weighted by molar-refractivity contribution is -0.185. The molecule has 1 saturated heterocycles. The number of aliphatic hydroxyl groups is 2. The second-order valence-corrected chi connectivity index (χ2v) is 7.76. The van der Waals surface area contributed by atoms with Crippen molar-refractivity contribution in [3.8, 4) is 11.5 Å². The molecule has 6 nitrogen and oxygen atoms in total. The quantitative estimate of drug-likeness (QED) is 0.747. The highest BCUT2D eigenvalue weighted by atomic mass is 35.5. The molecule has 7 heteroatoms. The molecule has 5 rings (SSSR count). The van der Waals surface area contributed by atoms with E-state index in [1.54, 1.807) is 14.0 Å². The van der Waals surface area contributed by atoms with Gasteiger partial charge in [0.25, 0.3) is 0 Å². The van der Waals surface area contributed by atoms with E-state index in [0.717, 1.165) is 24.9 Å². The predicted molar refractivity (Wildman–Crippen MR) is 103 cm³/mol. The van der Waals surface area contributed by atoms with Gasteiger partial charge in [0.15, 0.2) is 23.4 Å². The number of carbonyl (C=O) groups is 1. The van der Waals surface area contributed by atoms with Crippen LogP contribution in [0.15, 0.2) is 12.1 Å². The van der Waals surface area contributed by atoms with E-state index in [4.69, 9.17) is 14.6 Å². The topological polar surface area (TPSA) is 79.2 Å². The molecule has 1 aromatic carbocycles. The number of halogens is 1. The number of aliphatic hydroxyl groups excluding tert-OH is 1. The third kappa shape index (κ3) is 2.40. The fourth-order valence-corrected chi connectivity index (χ4v) is 5.69. The molecule has 4 atom stereocenters. The first-order valence-corrected chi connectivity index (χ1v) is 9.37. The summed E-state index contributed by atoms with van der Waals surface area (Å²) in [6.07, 6.45) is 1.89. The number of Topliss-reactive ketones (excluding diaryl/α,β-unsaturated/α-hetero) is 1. The van der Waals surface area contributed by atoms with E-state index in [9.17, 15) is 9.90 Å². The maximum absolute atomic E-state index is 12.7. The van der Waals surface area contributed by atoms with Crippen molar-refractivity contribution in [3.05, 3.63) is 23.3 Å². The summed E-state index contributed by atoms with van der Waals surface area (Å²) in [5, 5.41) is 19.3. The Morgan fingerprint density at radius 3 is 2.74 bits per heavy atom. The minimum Gasteiger partial charge on any atom is -0.493 e. The van der Waals surface area contributed by atoms with Crippen LogP contribution in [0.25, 0.3) is 0 Å². The van der Waals surface area contributed by atoms with Crippen molar-refractivity contribution in [3.63, 3.8) is 0 Å². The van der Waals surface area contributed by atoms with E-state index < -0.39 is 17.1 Å². The van der Waals surface area contributed by atoms with Crippen LogP contribution in [0, 0.1) is 0 Å². The van der Waals surface area contributed by atoms with E-state index in [1.165, 1.54) is 5.56 Å². The van der Waals surface area contributed by atoms with Gasteiger partial charge in [-0.1, -0.05) is 6.07 Å². The van der Waals surface area contributed by atoms with E-state index in [0.29, 0.717) is 24.3 Å². The second-order valence-electron chi connectivity index (χ2n) is 7.76. The molecule has 1 spiro atoms. The number of piperidine rings is 1. The SMILES string of the molecule is CCO.COc1ccc2c3c1O[C@H]1C(=O)CC[C@@]4(O)[C@@H](C2)N(C)CC[C@]314.Cl. The summed E-state index contributed by atoms with van der Waals surface area (Å²) < 4.78 is 11.6. The van der Waals surface area contributed by atoms with Gasteiger partial charge in [0, 0.05) is 24.6 Å². The number of likely N-dealkylation sites (N-methyl/N-ethyl adjacent to an activating group) is 1. The number of nitrogens with zero attached hydrogens (tertiary/aromatic N) is 1. The molecule has 2 aliphatic carbocycles. The Balaban J connectivity index is 0.000000495. The number of ether oxygens (including phenoxy) is 2. The minimum atomic E-state index is -0.900. The molecule has 1 aromatic rings. The number of carbonyl (C=O) groups excluding carboxylic acids is 1. The smallest absolute Gasteiger partial charge is 0.174 e. The van der Waals surface area contributed by atoms with Crippen molar-refractivity contribution < 1.29 is 24.5 Å². The van der Waals surface area contributed by atoms with Gasteiger partial charge in [0.2, 0.25) is 0 Å². The van der Waals surface area contributed by atoms with Crippen LogP contribution in [0.5, 0.6) is 11.5 Å². The molecule has 2 bridgehead atoms. The fourth-order valence-electron chi connectivity index (χ4n) is 5.69. The molecule has 1 saturated carbocycles. The first-order valence-electron chi connectivity index (χ1n) is 9.37. The number of hydrogen-bond acceptors (Lipinski definition) is 6. The van der Waals surface area contributed by atoms with Crippen molar-refractivity contribution in [2.45, 2.75) is 55.8 Å². The Labute approximate surface area is 165 Å².